The molecular formula is C13H27NS. The molecule has 1 saturated carbocycles. The Bertz CT molecular complexity index is 141. The number of thioether (sulfide) groups is 1. The largest absolute Gasteiger partial charge is 0.316 e. The highest BCUT2D eigenvalue weighted by Gasteiger charge is 2.20. The van der Waals surface area contributed by atoms with Gasteiger partial charge in [0.15, 0.2) is 0 Å². The maximum atomic E-state index is 3.54. The van der Waals surface area contributed by atoms with Gasteiger partial charge in [0.25, 0.3) is 0 Å². The Hall–Kier alpha value is 0.310. The van der Waals surface area contributed by atoms with Crippen molar-refractivity contribution in [2.45, 2.75) is 57.9 Å². The molecule has 15 heavy (non-hydrogen) atoms. The second kappa shape index (κ2) is 8.46. The van der Waals surface area contributed by atoms with Crippen LogP contribution in [0.5, 0.6) is 0 Å². The highest BCUT2D eigenvalue weighted by molar-refractivity contribution is 7.99. The van der Waals surface area contributed by atoms with E-state index in [1.54, 1.807) is 0 Å². The van der Waals surface area contributed by atoms with Crippen molar-refractivity contribution in [2.24, 2.45) is 5.92 Å². The Morgan fingerprint density at radius 2 is 1.87 bits per heavy atom. The Morgan fingerprint density at radius 1 is 1.20 bits per heavy atom. The van der Waals surface area contributed by atoms with Crippen molar-refractivity contribution in [3.8, 4) is 0 Å². The molecule has 90 valence electrons. The topological polar surface area (TPSA) is 12.0 Å². The standard InChI is InChI=1S/C13H27NS/c1-3-10-15-11-13(14-2)12-8-6-4-5-7-9-12/h12-14H,3-11H2,1-2H3. The molecule has 0 bridgehead atoms. The van der Waals surface area contributed by atoms with Gasteiger partial charge in [-0.25, -0.2) is 0 Å². The first kappa shape index (κ1) is 13.4. The van der Waals surface area contributed by atoms with Crippen molar-refractivity contribution in [2.75, 3.05) is 18.6 Å². The molecule has 1 atom stereocenters. The third kappa shape index (κ3) is 5.26. The first-order valence-corrected chi connectivity index (χ1v) is 7.79. The molecular weight excluding hydrogens is 202 g/mol. The molecule has 1 rings (SSSR count). The summed E-state index contributed by atoms with van der Waals surface area (Å²) in [6.45, 7) is 2.27. The normalized spacial score (nSPS) is 21.2. The van der Waals surface area contributed by atoms with Crippen molar-refractivity contribution in [1.29, 1.82) is 0 Å². The van der Waals surface area contributed by atoms with E-state index in [1.807, 2.05) is 0 Å². The minimum Gasteiger partial charge on any atom is -0.316 e. The number of hydrogen-bond acceptors (Lipinski definition) is 2. The van der Waals surface area contributed by atoms with E-state index in [0.717, 1.165) is 12.0 Å². The van der Waals surface area contributed by atoms with Gasteiger partial charge in [-0.1, -0.05) is 32.6 Å². The quantitative estimate of drug-likeness (QED) is 0.551. The number of hydrogen-bond donors (Lipinski definition) is 1. The number of nitrogens with one attached hydrogen (secondary N) is 1. The third-order valence-electron chi connectivity index (χ3n) is 3.49. The summed E-state index contributed by atoms with van der Waals surface area (Å²) in [4.78, 5) is 0. The fourth-order valence-electron chi connectivity index (χ4n) is 2.52. The molecule has 1 nitrogen and oxygen atoms in total. The Balaban J connectivity index is 2.27. The van der Waals surface area contributed by atoms with E-state index in [4.69, 9.17) is 0 Å². The van der Waals surface area contributed by atoms with Gasteiger partial charge >= 0.3 is 0 Å². The zero-order chi connectivity index (χ0) is 10.9. The summed E-state index contributed by atoms with van der Waals surface area (Å²) in [5.74, 6) is 3.58. The van der Waals surface area contributed by atoms with Crippen LogP contribution in [-0.2, 0) is 0 Å². The molecule has 1 fully saturated rings. The summed E-state index contributed by atoms with van der Waals surface area (Å²) >= 11 is 2.12. The summed E-state index contributed by atoms with van der Waals surface area (Å²) in [5.41, 5.74) is 0. The zero-order valence-corrected chi connectivity index (χ0v) is 11.2. The predicted octanol–water partition coefficient (Wildman–Crippen LogP) is 3.69. The molecule has 0 spiro atoms. The van der Waals surface area contributed by atoms with Crippen molar-refractivity contribution in [1.82, 2.24) is 5.32 Å². The van der Waals surface area contributed by atoms with E-state index >= 15 is 0 Å². The molecule has 2 heteroatoms. The van der Waals surface area contributed by atoms with Crippen LogP contribution in [0.3, 0.4) is 0 Å². The molecule has 0 aliphatic heterocycles. The second-order valence-corrected chi connectivity index (χ2v) is 5.87. The maximum Gasteiger partial charge on any atom is 0.0183 e. The fourth-order valence-corrected chi connectivity index (χ4v) is 3.67. The van der Waals surface area contributed by atoms with Crippen LogP contribution in [0.15, 0.2) is 0 Å². The SMILES string of the molecule is CCCSCC(NC)C1CCCCCC1. The van der Waals surface area contributed by atoms with Gasteiger partial charge in [0, 0.05) is 11.8 Å². The lowest BCUT2D eigenvalue weighted by atomic mass is 9.93. The van der Waals surface area contributed by atoms with Gasteiger partial charge < -0.3 is 5.32 Å². The van der Waals surface area contributed by atoms with Gasteiger partial charge in [0.2, 0.25) is 0 Å². The van der Waals surface area contributed by atoms with Crippen LogP contribution >= 0.6 is 11.8 Å². The number of rotatable bonds is 6. The van der Waals surface area contributed by atoms with Crippen molar-refractivity contribution in [3.05, 3.63) is 0 Å². The minimum absolute atomic E-state index is 0.764. The molecule has 1 N–H and O–H groups in total. The molecule has 0 aromatic rings. The first-order valence-electron chi connectivity index (χ1n) is 6.63. The minimum atomic E-state index is 0.764. The molecule has 0 aromatic heterocycles. The van der Waals surface area contributed by atoms with Crippen LogP contribution < -0.4 is 5.32 Å². The lowest BCUT2D eigenvalue weighted by Gasteiger charge is -2.25. The van der Waals surface area contributed by atoms with Crippen LogP contribution in [0, 0.1) is 5.92 Å². The van der Waals surface area contributed by atoms with E-state index in [0.29, 0.717) is 0 Å². The van der Waals surface area contributed by atoms with Gasteiger partial charge in [-0.05, 0) is 38.0 Å². The molecule has 0 aromatic carbocycles. The Kier molecular flexibility index (Phi) is 7.54. The van der Waals surface area contributed by atoms with E-state index in [9.17, 15) is 0 Å². The molecule has 0 amide bonds. The average Bonchev–Trinajstić information content (AvgIpc) is 2.53. The maximum absolute atomic E-state index is 3.54. The monoisotopic (exact) mass is 229 g/mol. The van der Waals surface area contributed by atoms with Crippen LogP contribution in [0.25, 0.3) is 0 Å². The summed E-state index contributed by atoms with van der Waals surface area (Å²) in [6, 6.07) is 0.764. The second-order valence-electron chi connectivity index (χ2n) is 4.72. The lowest BCUT2D eigenvalue weighted by molar-refractivity contribution is 0.359. The summed E-state index contributed by atoms with van der Waals surface area (Å²) in [5, 5.41) is 3.54. The summed E-state index contributed by atoms with van der Waals surface area (Å²) in [7, 11) is 2.14. The van der Waals surface area contributed by atoms with E-state index in [2.05, 4.69) is 31.1 Å². The molecule has 1 aliphatic carbocycles. The molecule has 1 aliphatic rings. The Morgan fingerprint density at radius 3 is 2.40 bits per heavy atom. The predicted molar refractivity (Wildman–Crippen MR) is 71.7 cm³/mol. The third-order valence-corrected chi connectivity index (χ3v) is 4.78. The first-order chi connectivity index (χ1) is 7.38. The van der Waals surface area contributed by atoms with Gasteiger partial charge in [-0.15, -0.1) is 0 Å². The van der Waals surface area contributed by atoms with E-state index in [1.165, 1.54) is 56.5 Å². The van der Waals surface area contributed by atoms with E-state index in [-0.39, 0.29) is 0 Å². The molecule has 0 heterocycles. The highest BCUT2D eigenvalue weighted by atomic mass is 32.2. The van der Waals surface area contributed by atoms with Gasteiger partial charge in [-0.2, -0.15) is 11.8 Å². The molecule has 0 saturated heterocycles. The van der Waals surface area contributed by atoms with Crippen molar-refractivity contribution < 1.29 is 0 Å². The Labute approximate surface area is 99.8 Å². The van der Waals surface area contributed by atoms with Crippen LogP contribution in [-0.4, -0.2) is 24.6 Å². The van der Waals surface area contributed by atoms with Crippen LogP contribution in [0.1, 0.15) is 51.9 Å². The molecule has 0 radical (unpaired) electrons. The van der Waals surface area contributed by atoms with E-state index < -0.39 is 0 Å². The fraction of sp³-hybridized carbons (Fsp3) is 1.00. The summed E-state index contributed by atoms with van der Waals surface area (Å²) < 4.78 is 0. The zero-order valence-electron chi connectivity index (χ0n) is 10.4. The van der Waals surface area contributed by atoms with Gasteiger partial charge in [-0.3, -0.25) is 0 Å². The van der Waals surface area contributed by atoms with Crippen molar-refractivity contribution in [3.63, 3.8) is 0 Å². The average molecular weight is 229 g/mol. The van der Waals surface area contributed by atoms with Crippen LogP contribution in [0.2, 0.25) is 0 Å². The summed E-state index contributed by atoms with van der Waals surface area (Å²) in [6.07, 6.45) is 10.1. The van der Waals surface area contributed by atoms with Gasteiger partial charge in [0.1, 0.15) is 0 Å². The lowest BCUT2D eigenvalue weighted by Crippen LogP contribution is -2.35. The molecule has 1 unspecified atom stereocenters. The highest BCUT2D eigenvalue weighted by Crippen LogP contribution is 2.27. The smallest absolute Gasteiger partial charge is 0.0183 e. The van der Waals surface area contributed by atoms with Crippen LogP contribution in [0.4, 0.5) is 0 Å². The van der Waals surface area contributed by atoms with Crippen molar-refractivity contribution >= 4 is 11.8 Å². The van der Waals surface area contributed by atoms with Gasteiger partial charge in [0.05, 0.1) is 0 Å².